The molecule has 0 saturated carbocycles. The minimum Gasteiger partial charge on any atom is -0.465 e. The Morgan fingerprint density at radius 3 is 2.56 bits per heavy atom. The molecule has 4 rings (SSSR count). The van der Waals surface area contributed by atoms with Crippen molar-refractivity contribution in [3.8, 4) is 11.5 Å². The fourth-order valence-electron chi connectivity index (χ4n) is 2.66. The molecule has 2 N–H and O–H groups in total. The zero-order valence-corrected chi connectivity index (χ0v) is 18.2. The Labute approximate surface area is 190 Å². The summed E-state index contributed by atoms with van der Waals surface area (Å²) in [7, 11) is 1.30. The molecule has 1 aliphatic rings. The summed E-state index contributed by atoms with van der Waals surface area (Å²) in [5.74, 6) is 0.150. The number of ether oxygens (including phenoxy) is 3. The molecular formula is C20H16N4O6S2. The van der Waals surface area contributed by atoms with Crippen LogP contribution < -0.4 is 20.1 Å². The Balaban J connectivity index is 1.27. The van der Waals surface area contributed by atoms with Crippen LogP contribution in [0.25, 0.3) is 0 Å². The molecule has 2 amide bonds. The number of methoxy groups -OCH3 is 1. The summed E-state index contributed by atoms with van der Waals surface area (Å²) in [6.45, 7) is 0.129. The quantitative estimate of drug-likeness (QED) is 0.303. The van der Waals surface area contributed by atoms with Gasteiger partial charge in [-0.25, -0.2) is 4.79 Å². The first kappa shape index (κ1) is 21.6. The molecule has 0 unspecified atom stereocenters. The van der Waals surface area contributed by atoms with Crippen molar-refractivity contribution < 1.29 is 28.6 Å². The van der Waals surface area contributed by atoms with Crippen molar-refractivity contribution in [1.82, 2.24) is 10.2 Å². The molecule has 164 valence electrons. The highest BCUT2D eigenvalue weighted by Crippen LogP contribution is 2.33. The first-order chi connectivity index (χ1) is 15.5. The molecule has 32 heavy (non-hydrogen) atoms. The van der Waals surface area contributed by atoms with Crippen LogP contribution in [0.15, 0.2) is 46.8 Å². The summed E-state index contributed by atoms with van der Waals surface area (Å²) in [5, 5.41) is 13.6. The van der Waals surface area contributed by atoms with E-state index in [0.29, 0.717) is 37.8 Å². The lowest BCUT2D eigenvalue weighted by Crippen LogP contribution is -2.14. The molecule has 2 heterocycles. The number of benzene rings is 2. The summed E-state index contributed by atoms with van der Waals surface area (Å²) >= 11 is 2.35. The van der Waals surface area contributed by atoms with Crippen LogP contribution in [0.5, 0.6) is 11.5 Å². The van der Waals surface area contributed by atoms with Crippen LogP contribution in [-0.4, -0.2) is 47.6 Å². The molecule has 0 saturated heterocycles. The van der Waals surface area contributed by atoms with E-state index < -0.39 is 5.97 Å². The van der Waals surface area contributed by atoms with Gasteiger partial charge >= 0.3 is 5.97 Å². The smallest absolute Gasteiger partial charge is 0.337 e. The third-order valence-electron chi connectivity index (χ3n) is 4.18. The van der Waals surface area contributed by atoms with Crippen molar-refractivity contribution in [1.29, 1.82) is 0 Å². The van der Waals surface area contributed by atoms with Crippen LogP contribution in [0.2, 0.25) is 0 Å². The highest BCUT2D eigenvalue weighted by molar-refractivity contribution is 8.01. The number of amides is 2. The summed E-state index contributed by atoms with van der Waals surface area (Å²) in [6.07, 6.45) is 0. The van der Waals surface area contributed by atoms with Gasteiger partial charge in [-0.1, -0.05) is 23.1 Å². The van der Waals surface area contributed by atoms with Crippen molar-refractivity contribution >= 4 is 51.7 Å². The highest BCUT2D eigenvalue weighted by atomic mass is 32.2. The molecule has 12 heteroatoms. The van der Waals surface area contributed by atoms with Gasteiger partial charge in [0.1, 0.15) is 0 Å². The number of nitrogens with zero attached hydrogens (tertiary/aromatic N) is 2. The van der Waals surface area contributed by atoms with Crippen LogP contribution in [0.4, 0.5) is 10.8 Å². The maximum atomic E-state index is 12.4. The number of hydrogen-bond acceptors (Lipinski definition) is 10. The molecule has 2 aromatic carbocycles. The highest BCUT2D eigenvalue weighted by Gasteiger charge is 2.17. The molecule has 0 bridgehead atoms. The number of fused-ring (bicyclic) bond motifs is 1. The van der Waals surface area contributed by atoms with Crippen molar-refractivity contribution in [2.24, 2.45) is 0 Å². The number of aromatic nitrogens is 2. The molecule has 1 aromatic heterocycles. The number of carbonyl (C=O) groups excluding carboxylic acids is 3. The second-order valence-electron chi connectivity index (χ2n) is 6.30. The zero-order valence-electron chi connectivity index (χ0n) is 16.6. The molecule has 3 aromatic rings. The van der Waals surface area contributed by atoms with Crippen LogP contribution >= 0.6 is 23.1 Å². The lowest BCUT2D eigenvalue weighted by Gasteiger charge is -2.05. The fraction of sp³-hybridized carbons (Fsp3) is 0.150. The number of thioether (sulfide) groups is 1. The first-order valence-electron chi connectivity index (χ1n) is 9.17. The van der Waals surface area contributed by atoms with Gasteiger partial charge in [-0.2, -0.15) is 0 Å². The number of carbonyl (C=O) groups is 3. The van der Waals surface area contributed by atoms with E-state index in [9.17, 15) is 14.4 Å². The SMILES string of the molecule is COC(=O)c1ccc(NC(=O)CSc2nnc(NC(=O)c3ccc4c(c3)OCO4)s2)cc1. The maximum absolute atomic E-state index is 12.4. The number of rotatable bonds is 7. The van der Waals surface area contributed by atoms with E-state index in [1.807, 2.05) is 0 Å². The molecule has 0 atom stereocenters. The fourth-order valence-corrected chi connectivity index (χ4v) is 4.20. The summed E-state index contributed by atoms with van der Waals surface area (Å²) < 4.78 is 15.7. The minimum atomic E-state index is -0.448. The number of hydrogen-bond donors (Lipinski definition) is 2. The predicted octanol–water partition coefficient (Wildman–Crippen LogP) is 3.04. The molecule has 0 spiro atoms. The lowest BCUT2D eigenvalue weighted by atomic mass is 10.2. The van der Waals surface area contributed by atoms with Crippen LogP contribution in [0.1, 0.15) is 20.7 Å². The van der Waals surface area contributed by atoms with Crippen molar-refractivity contribution in [2.45, 2.75) is 4.34 Å². The Morgan fingerprint density at radius 2 is 1.78 bits per heavy atom. The van der Waals surface area contributed by atoms with Gasteiger partial charge in [-0.15, -0.1) is 10.2 Å². The van der Waals surface area contributed by atoms with Crippen LogP contribution in [-0.2, 0) is 9.53 Å². The van der Waals surface area contributed by atoms with Gasteiger partial charge < -0.3 is 19.5 Å². The average molecular weight is 473 g/mol. The number of nitrogens with one attached hydrogen (secondary N) is 2. The topological polar surface area (TPSA) is 129 Å². The Hall–Kier alpha value is -3.64. The molecule has 0 aliphatic carbocycles. The Morgan fingerprint density at radius 1 is 1.03 bits per heavy atom. The van der Waals surface area contributed by atoms with Crippen molar-refractivity contribution in [2.75, 3.05) is 30.3 Å². The maximum Gasteiger partial charge on any atom is 0.337 e. The van der Waals surface area contributed by atoms with E-state index in [0.717, 1.165) is 11.3 Å². The van der Waals surface area contributed by atoms with E-state index >= 15 is 0 Å². The van der Waals surface area contributed by atoms with E-state index in [-0.39, 0.29) is 24.4 Å². The minimum absolute atomic E-state index is 0.101. The van der Waals surface area contributed by atoms with Gasteiger partial charge in [0.15, 0.2) is 15.8 Å². The Bertz CT molecular complexity index is 1170. The van der Waals surface area contributed by atoms with E-state index in [1.54, 1.807) is 42.5 Å². The standard InChI is InChI=1S/C20H16N4O6S2/c1-28-18(27)11-2-5-13(6-3-11)21-16(25)9-31-20-24-23-19(32-20)22-17(26)12-4-7-14-15(8-12)30-10-29-14/h2-8H,9-10H2,1H3,(H,21,25)(H,22,23,26). The zero-order chi connectivity index (χ0) is 22.5. The van der Waals surface area contributed by atoms with Crippen LogP contribution in [0, 0.1) is 0 Å². The third-order valence-corrected chi connectivity index (χ3v) is 6.15. The average Bonchev–Trinajstić information content (AvgIpc) is 3.46. The first-order valence-corrected chi connectivity index (χ1v) is 11.0. The van der Waals surface area contributed by atoms with E-state index in [2.05, 4.69) is 25.6 Å². The molecule has 0 fully saturated rings. The monoisotopic (exact) mass is 472 g/mol. The molecule has 0 radical (unpaired) electrons. The predicted molar refractivity (Wildman–Crippen MR) is 118 cm³/mol. The van der Waals surface area contributed by atoms with Gasteiger partial charge in [0.25, 0.3) is 5.91 Å². The van der Waals surface area contributed by atoms with Gasteiger partial charge in [0, 0.05) is 11.3 Å². The number of esters is 1. The normalized spacial score (nSPS) is 11.7. The summed E-state index contributed by atoms with van der Waals surface area (Å²) in [4.78, 5) is 36.0. The number of anilines is 2. The van der Waals surface area contributed by atoms with Gasteiger partial charge in [0.2, 0.25) is 17.8 Å². The van der Waals surface area contributed by atoms with E-state index in [1.165, 1.54) is 18.9 Å². The van der Waals surface area contributed by atoms with Gasteiger partial charge in [-0.3, -0.25) is 14.9 Å². The van der Waals surface area contributed by atoms with Gasteiger partial charge in [-0.05, 0) is 42.5 Å². The summed E-state index contributed by atoms with van der Waals surface area (Å²) in [5.41, 5.74) is 1.34. The molecule has 10 nitrogen and oxygen atoms in total. The second kappa shape index (κ2) is 9.66. The molecular weight excluding hydrogens is 456 g/mol. The second-order valence-corrected chi connectivity index (χ2v) is 8.50. The van der Waals surface area contributed by atoms with E-state index in [4.69, 9.17) is 9.47 Å². The Kier molecular flexibility index (Phi) is 6.52. The molecule has 1 aliphatic heterocycles. The van der Waals surface area contributed by atoms with Crippen LogP contribution in [0.3, 0.4) is 0 Å². The third kappa shape index (κ3) is 5.15. The lowest BCUT2D eigenvalue weighted by molar-refractivity contribution is -0.113. The largest absolute Gasteiger partial charge is 0.465 e. The van der Waals surface area contributed by atoms with Gasteiger partial charge in [0.05, 0.1) is 18.4 Å². The summed E-state index contributed by atoms with van der Waals surface area (Å²) in [6, 6.07) is 11.2. The van der Waals surface area contributed by atoms with Crippen molar-refractivity contribution in [3.63, 3.8) is 0 Å². The van der Waals surface area contributed by atoms with Crippen molar-refractivity contribution in [3.05, 3.63) is 53.6 Å².